The van der Waals surface area contributed by atoms with Crippen molar-refractivity contribution in [3.05, 3.63) is 47.3 Å². The number of benzene rings is 1. The number of aromatic nitrogens is 3. The van der Waals surface area contributed by atoms with Crippen LogP contribution in [0.5, 0.6) is 5.75 Å². The highest BCUT2D eigenvalue weighted by molar-refractivity contribution is 7.99. The zero-order chi connectivity index (χ0) is 20.1. The Morgan fingerprint density at radius 3 is 2.75 bits per heavy atom. The summed E-state index contributed by atoms with van der Waals surface area (Å²) < 4.78 is 13.5. The summed E-state index contributed by atoms with van der Waals surface area (Å²) in [4.78, 5) is 12.7. The largest absolute Gasteiger partial charge is 0.493 e. The lowest BCUT2D eigenvalue weighted by Gasteiger charge is -2.07. The summed E-state index contributed by atoms with van der Waals surface area (Å²) >= 11 is 1.26. The molecule has 1 aromatic carbocycles. The van der Waals surface area contributed by atoms with E-state index in [9.17, 15) is 4.79 Å². The number of thioether (sulfide) groups is 1. The van der Waals surface area contributed by atoms with Crippen molar-refractivity contribution < 1.29 is 13.9 Å². The van der Waals surface area contributed by atoms with Gasteiger partial charge in [-0.15, -0.1) is 10.2 Å². The zero-order valence-electron chi connectivity index (χ0n) is 16.7. The van der Waals surface area contributed by atoms with E-state index < -0.39 is 0 Å². The Bertz CT molecular complexity index is 962. The summed E-state index contributed by atoms with van der Waals surface area (Å²) in [6, 6.07) is 9.50. The number of rotatable bonds is 9. The fraction of sp³-hybridized carbons (Fsp3) is 0.381. The molecule has 0 N–H and O–H groups in total. The SMILES string of the molecule is CCCn1c(C)cc(C(=O)CSc2nnc(-c3ccccc3OCC)o2)c1C. The van der Waals surface area contributed by atoms with E-state index in [-0.39, 0.29) is 11.5 Å². The number of carbonyl (C=O) groups excluding carboxylic acids is 1. The van der Waals surface area contributed by atoms with E-state index in [1.165, 1.54) is 11.8 Å². The first-order chi connectivity index (χ1) is 13.5. The van der Waals surface area contributed by atoms with Crippen LogP contribution in [0, 0.1) is 13.8 Å². The van der Waals surface area contributed by atoms with Gasteiger partial charge in [0.25, 0.3) is 11.1 Å². The van der Waals surface area contributed by atoms with Crippen molar-refractivity contribution >= 4 is 17.5 Å². The number of Topliss-reactive ketones (excluding diaryl/α,β-unsaturated/α-hetero) is 1. The molecule has 7 heteroatoms. The highest BCUT2D eigenvalue weighted by Gasteiger charge is 2.18. The molecule has 0 saturated carbocycles. The second kappa shape index (κ2) is 9.10. The van der Waals surface area contributed by atoms with Gasteiger partial charge in [-0.1, -0.05) is 30.8 Å². The third-order valence-electron chi connectivity index (χ3n) is 4.47. The number of ketones is 1. The van der Waals surface area contributed by atoms with Crippen LogP contribution < -0.4 is 4.74 Å². The Morgan fingerprint density at radius 1 is 1.21 bits per heavy atom. The Morgan fingerprint density at radius 2 is 2.00 bits per heavy atom. The monoisotopic (exact) mass is 399 g/mol. The third kappa shape index (κ3) is 4.30. The fourth-order valence-electron chi connectivity index (χ4n) is 3.16. The minimum Gasteiger partial charge on any atom is -0.493 e. The Labute approximate surface area is 169 Å². The molecule has 3 rings (SSSR count). The van der Waals surface area contributed by atoms with E-state index in [2.05, 4.69) is 21.7 Å². The maximum absolute atomic E-state index is 12.7. The average Bonchev–Trinajstić information content (AvgIpc) is 3.27. The summed E-state index contributed by atoms with van der Waals surface area (Å²) in [5.41, 5.74) is 3.64. The lowest BCUT2D eigenvalue weighted by Crippen LogP contribution is -2.06. The molecule has 0 spiro atoms. The molecule has 148 valence electrons. The number of hydrogen-bond donors (Lipinski definition) is 0. The summed E-state index contributed by atoms with van der Waals surface area (Å²) in [5.74, 6) is 1.41. The Balaban J connectivity index is 1.70. The Kier molecular flexibility index (Phi) is 6.57. The van der Waals surface area contributed by atoms with Crippen LogP contribution in [0.2, 0.25) is 0 Å². The van der Waals surface area contributed by atoms with Gasteiger partial charge in [0.1, 0.15) is 5.75 Å². The van der Waals surface area contributed by atoms with Gasteiger partial charge in [0.2, 0.25) is 0 Å². The van der Waals surface area contributed by atoms with Crippen LogP contribution in [0.1, 0.15) is 42.0 Å². The van der Waals surface area contributed by atoms with E-state index in [0.717, 1.165) is 35.5 Å². The normalized spacial score (nSPS) is 11.0. The fourth-order valence-corrected chi connectivity index (χ4v) is 3.80. The molecule has 2 aromatic heterocycles. The average molecular weight is 400 g/mol. The first kappa shape index (κ1) is 20.2. The lowest BCUT2D eigenvalue weighted by atomic mass is 10.2. The maximum atomic E-state index is 12.7. The number of para-hydroxylation sites is 1. The maximum Gasteiger partial charge on any atom is 0.277 e. The van der Waals surface area contributed by atoms with Crippen molar-refractivity contribution in [2.45, 2.75) is 45.9 Å². The van der Waals surface area contributed by atoms with Crippen LogP contribution in [0.4, 0.5) is 0 Å². The zero-order valence-corrected chi connectivity index (χ0v) is 17.5. The van der Waals surface area contributed by atoms with Gasteiger partial charge in [0.15, 0.2) is 5.78 Å². The van der Waals surface area contributed by atoms with Crippen molar-refractivity contribution in [1.29, 1.82) is 0 Å². The molecule has 0 bridgehead atoms. The summed E-state index contributed by atoms with van der Waals surface area (Å²) in [6.45, 7) is 9.56. The smallest absolute Gasteiger partial charge is 0.277 e. The van der Waals surface area contributed by atoms with Gasteiger partial charge < -0.3 is 13.7 Å². The van der Waals surface area contributed by atoms with E-state index >= 15 is 0 Å². The van der Waals surface area contributed by atoms with Crippen molar-refractivity contribution in [3.8, 4) is 17.2 Å². The van der Waals surface area contributed by atoms with Crippen molar-refractivity contribution in [2.75, 3.05) is 12.4 Å². The lowest BCUT2D eigenvalue weighted by molar-refractivity contribution is 0.102. The third-order valence-corrected chi connectivity index (χ3v) is 5.29. The number of carbonyl (C=O) groups is 1. The first-order valence-corrected chi connectivity index (χ1v) is 10.4. The van der Waals surface area contributed by atoms with E-state index in [4.69, 9.17) is 9.15 Å². The molecule has 0 amide bonds. The van der Waals surface area contributed by atoms with E-state index in [1.54, 1.807) is 0 Å². The molecule has 0 aliphatic heterocycles. The quantitative estimate of drug-likeness (QED) is 0.375. The van der Waals surface area contributed by atoms with Crippen LogP contribution in [0.3, 0.4) is 0 Å². The van der Waals surface area contributed by atoms with Gasteiger partial charge >= 0.3 is 0 Å². The van der Waals surface area contributed by atoms with Crippen LogP contribution in [-0.2, 0) is 6.54 Å². The molecule has 0 aliphatic rings. The molecule has 2 heterocycles. The van der Waals surface area contributed by atoms with Crippen LogP contribution in [-0.4, -0.2) is 32.9 Å². The van der Waals surface area contributed by atoms with Gasteiger partial charge in [-0.3, -0.25) is 4.79 Å². The van der Waals surface area contributed by atoms with Gasteiger partial charge in [-0.2, -0.15) is 0 Å². The standard InChI is InChI=1S/C21H25N3O3S/c1-5-11-24-14(3)12-17(15(24)4)18(25)13-28-21-23-22-20(27-21)16-9-7-8-10-19(16)26-6-2/h7-10,12H,5-6,11,13H2,1-4H3. The van der Waals surface area contributed by atoms with Gasteiger partial charge in [0, 0.05) is 23.5 Å². The summed E-state index contributed by atoms with van der Waals surface area (Å²) in [5, 5.41) is 8.55. The minimum absolute atomic E-state index is 0.0647. The van der Waals surface area contributed by atoms with Gasteiger partial charge in [0.05, 0.1) is 17.9 Å². The molecule has 0 unspecified atom stereocenters. The van der Waals surface area contributed by atoms with Crippen molar-refractivity contribution in [1.82, 2.24) is 14.8 Å². The second-order valence-electron chi connectivity index (χ2n) is 6.45. The molecule has 0 saturated heterocycles. The molecule has 0 fully saturated rings. The Hall–Kier alpha value is -2.54. The molecule has 28 heavy (non-hydrogen) atoms. The van der Waals surface area contributed by atoms with Crippen LogP contribution in [0.15, 0.2) is 40.0 Å². The highest BCUT2D eigenvalue weighted by atomic mass is 32.2. The van der Waals surface area contributed by atoms with Gasteiger partial charge in [-0.25, -0.2) is 0 Å². The minimum atomic E-state index is 0.0647. The first-order valence-electron chi connectivity index (χ1n) is 9.43. The highest BCUT2D eigenvalue weighted by Crippen LogP contribution is 2.31. The number of hydrogen-bond acceptors (Lipinski definition) is 6. The van der Waals surface area contributed by atoms with Crippen molar-refractivity contribution in [2.24, 2.45) is 0 Å². The predicted octanol–water partition coefficient (Wildman–Crippen LogP) is 4.94. The second-order valence-corrected chi connectivity index (χ2v) is 7.38. The van der Waals surface area contributed by atoms with Crippen LogP contribution >= 0.6 is 11.8 Å². The molecule has 6 nitrogen and oxygen atoms in total. The van der Waals surface area contributed by atoms with Crippen LogP contribution in [0.25, 0.3) is 11.5 Å². The van der Waals surface area contributed by atoms with E-state index in [1.807, 2.05) is 51.1 Å². The van der Waals surface area contributed by atoms with Gasteiger partial charge in [-0.05, 0) is 45.4 Å². The molecule has 0 radical (unpaired) electrons. The van der Waals surface area contributed by atoms with Crippen molar-refractivity contribution in [3.63, 3.8) is 0 Å². The molecular formula is C21H25N3O3S. The number of nitrogens with zero attached hydrogens (tertiary/aromatic N) is 3. The van der Waals surface area contributed by atoms with E-state index in [0.29, 0.717) is 23.5 Å². The number of ether oxygens (including phenoxy) is 1. The molecular weight excluding hydrogens is 374 g/mol. The number of aryl methyl sites for hydroxylation is 1. The summed E-state index contributed by atoms with van der Waals surface area (Å²) in [6.07, 6.45) is 1.03. The molecule has 3 aromatic rings. The summed E-state index contributed by atoms with van der Waals surface area (Å²) in [7, 11) is 0. The molecule has 0 atom stereocenters. The predicted molar refractivity (Wildman–Crippen MR) is 110 cm³/mol. The topological polar surface area (TPSA) is 70.2 Å². The molecule has 0 aliphatic carbocycles.